The molecule has 0 aromatic heterocycles. The number of rotatable bonds is 30. The van der Waals surface area contributed by atoms with Crippen LogP contribution >= 0.6 is 0 Å². The number of hydrogen-bond acceptors (Lipinski definition) is 5. The second-order valence-corrected chi connectivity index (χ2v) is 12.3. The number of unbranched alkanes of at least 4 members (excludes halogenated alkanes) is 12. The fourth-order valence-electron chi connectivity index (χ4n) is 5.11. The molecule has 6 nitrogen and oxygen atoms in total. The number of ether oxygens (including phenoxy) is 2. The molecule has 0 heterocycles. The minimum atomic E-state index is -0.0259. The predicted molar refractivity (Wildman–Crippen MR) is 186 cm³/mol. The molecule has 0 aliphatic heterocycles. The van der Waals surface area contributed by atoms with Crippen molar-refractivity contribution in [1.29, 1.82) is 0 Å². The summed E-state index contributed by atoms with van der Waals surface area (Å²) in [5.41, 5.74) is 9.26. The highest BCUT2D eigenvalue weighted by atomic mass is 35.5. The van der Waals surface area contributed by atoms with E-state index < -0.39 is 0 Å². The van der Waals surface area contributed by atoms with Gasteiger partial charge in [0.2, 0.25) is 0 Å². The number of hydrogen-bond donors (Lipinski definition) is 2. The van der Waals surface area contributed by atoms with E-state index in [1.54, 1.807) is 0 Å². The van der Waals surface area contributed by atoms with Crippen LogP contribution < -0.4 is 23.9 Å². The number of carbonyl (C=O) groups excluding carboxylic acids is 2. The van der Waals surface area contributed by atoms with E-state index in [1.165, 1.54) is 103 Å². The van der Waals surface area contributed by atoms with Crippen molar-refractivity contribution in [3.05, 3.63) is 0 Å². The van der Waals surface area contributed by atoms with Crippen LogP contribution in [0.5, 0.6) is 0 Å². The Hall–Kier alpha value is -0.850. The molecule has 0 aromatic rings. The molecule has 0 rings (SSSR count). The molecule has 0 radical (unpaired) electrons. The van der Waals surface area contributed by atoms with Gasteiger partial charge in [-0.15, -0.1) is 0 Å². The Morgan fingerprint density at radius 2 is 0.909 bits per heavy atom. The van der Waals surface area contributed by atoms with E-state index in [4.69, 9.17) is 15.2 Å². The maximum Gasteiger partial charge on any atom is 0.305 e. The summed E-state index contributed by atoms with van der Waals surface area (Å²) in [6.45, 7) is 11.9. The Kier molecular flexibility index (Phi) is 47.9. The monoisotopic (exact) mass is 651 g/mol. The van der Waals surface area contributed by atoms with Gasteiger partial charge in [-0.3, -0.25) is 9.59 Å². The highest BCUT2D eigenvalue weighted by Gasteiger charge is 2.13. The van der Waals surface area contributed by atoms with E-state index in [0.29, 0.717) is 44.4 Å². The zero-order valence-corrected chi connectivity index (χ0v) is 30.0. The van der Waals surface area contributed by atoms with Crippen LogP contribution in [0.25, 0.3) is 0 Å². The van der Waals surface area contributed by atoms with Crippen LogP contribution in [0, 0.1) is 11.8 Å². The van der Waals surface area contributed by atoms with Gasteiger partial charge in [0.25, 0.3) is 0 Å². The molecule has 7 heteroatoms. The molecule has 0 fully saturated rings. The van der Waals surface area contributed by atoms with E-state index in [9.17, 15) is 9.59 Å². The molecule has 0 amide bonds. The lowest BCUT2D eigenvalue weighted by Crippen LogP contribution is -3.00. The molecule has 44 heavy (non-hydrogen) atoms. The maximum atomic E-state index is 11.7. The lowest BCUT2D eigenvalue weighted by Gasteiger charge is -2.16. The van der Waals surface area contributed by atoms with E-state index in [2.05, 4.69) is 33.4 Å². The van der Waals surface area contributed by atoms with Gasteiger partial charge in [-0.25, -0.2) is 0 Å². The number of halogens is 1. The van der Waals surface area contributed by atoms with Crippen molar-refractivity contribution in [3.8, 4) is 0 Å². The van der Waals surface area contributed by atoms with Crippen LogP contribution in [0.3, 0.4) is 0 Å². The molecule has 0 saturated heterocycles. The number of carbonyl (C=O) groups is 2. The van der Waals surface area contributed by atoms with Crippen molar-refractivity contribution in [3.63, 3.8) is 0 Å². The van der Waals surface area contributed by atoms with Gasteiger partial charge < -0.3 is 33.3 Å². The normalized spacial score (nSPS) is 11.8. The first kappa shape index (κ1) is 50.0. The number of quaternary nitrogens is 1. The van der Waals surface area contributed by atoms with Crippen LogP contribution in [0.4, 0.5) is 0 Å². The Labute approximate surface area is 281 Å². The third-order valence-corrected chi connectivity index (χ3v) is 8.04. The van der Waals surface area contributed by atoms with E-state index in [-0.39, 0.29) is 31.8 Å². The lowest BCUT2D eigenvalue weighted by molar-refractivity contribution is -0.368. The fraction of sp³-hybridized carbons (Fsp3) is 0.946. The van der Waals surface area contributed by atoms with Crippen molar-refractivity contribution in [2.75, 3.05) is 26.3 Å². The summed E-state index contributed by atoms with van der Waals surface area (Å²) in [6.07, 6.45) is 27.4. The zero-order valence-electron chi connectivity index (χ0n) is 29.2. The summed E-state index contributed by atoms with van der Waals surface area (Å²) in [7, 11) is 0. The van der Waals surface area contributed by atoms with Gasteiger partial charge in [0.05, 0.1) is 19.8 Å². The Balaban J connectivity index is -0.000000348. The summed E-state index contributed by atoms with van der Waals surface area (Å²) < 4.78 is 11.0. The molecule has 0 bridgehead atoms. The van der Waals surface area contributed by atoms with Gasteiger partial charge in [0, 0.05) is 12.8 Å². The second-order valence-electron chi connectivity index (χ2n) is 12.3. The number of esters is 2. The summed E-state index contributed by atoms with van der Waals surface area (Å²) in [5, 5.41) is 0. The van der Waals surface area contributed by atoms with Gasteiger partial charge in [0.1, 0.15) is 0 Å². The molecule has 2 unspecified atom stereocenters. The van der Waals surface area contributed by atoms with E-state index in [1.807, 2.05) is 0 Å². The summed E-state index contributed by atoms with van der Waals surface area (Å²) in [6, 6.07) is 0. The molecular formula is C37H79ClN2O4. The van der Waals surface area contributed by atoms with E-state index >= 15 is 0 Å². The first-order valence-electron chi connectivity index (χ1n) is 18.3. The molecule has 0 aliphatic carbocycles. The van der Waals surface area contributed by atoms with Gasteiger partial charge in [-0.1, -0.05) is 119 Å². The van der Waals surface area contributed by atoms with Crippen LogP contribution in [-0.2, 0) is 19.1 Å². The van der Waals surface area contributed by atoms with Crippen LogP contribution in [0.2, 0.25) is 0 Å². The van der Waals surface area contributed by atoms with Crippen LogP contribution in [0.15, 0.2) is 0 Å². The molecule has 268 valence electrons. The average Bonchev–Trinajstić information content (AvgIpc) is 3.00. The predicted octanol–water partition coefficient (Wildman–Crippen LogP) is 6.57. The van der Waals surface area contributed by atoms with Crippen molar-refractivity contribution >= 4 is 11.9 Å². The highest BCUT2D eigenvalue weighted by Crippen LogP contribution is 2.19. The molecule has 5 N–H and O–H groups in total. The molecular weight excluding hydrogens is 572 g/mol. The third kappa shape index (κ3) is 39.2. The molecule has 0 aliphatic rings. The van der Waals surface area contributed by atoms with Crippen LogP contribution in [0.1, 0.15) is 189 Å². The Bertz CT molecular complexity index is 518. The Morgan fingerprint density at radius 1 is 0.545 bits per heavy atom. The first-order valence-corrected chi connectivity index (χ1v) is 18.3. The smallest absolute Gasteiger partial charge is 0.305 e. The topological polar surface area (TPSA) is 106 Å². The minimum absolute atomic E-state index is 0. The summed E-state index contributed by atoms with van der Waals surface area (Å²) in [5.74, 6) is 1.11. The number of nitrogens with two attached hydrogens (primary N) is 1. The minimum Gasteiger partial charge on any atom is -1.00 e. The summed E-state index contributed by atoms with van der Waals surface area (Å²) >= 11 is 0. The van der Waals surface area contributed by atoms with Gasteiger partial charge in [0.15, 0.2) is 0 Å². The van der Waals surface area contributed by atoms with Gasteiger partial charge in [-0.2, -0.15) is 0 Å². The molecule has 0 saturated carbocycles. The first-order chi connectivity index (χ1) is 20.5. The highest BCUT2D eigenvalue weighted by molar-refractivity contribution is 5.69. The van der Waals surface area contributed by atoms with Crippen LogP contribution in [-0.4, -0.2) is 38.2 Å². The maximum absolute atomic E-state index is 11.7. The van der Waals surface area contributed by atoms with Crippen molar-refractivity contribution in [2.45, 2.75) is 189 Å². The SMILES string of the molecule is C.CCCCCCC(CCCC)COC(=O)CCCCCN.CCCCCCC(CCCC)COC(=O)CCCCC[NH3+].[Cl-]. The average molecular weight is 652 g/mol. The standard InChI is InChI=1S/2C18H37NO2.CH4.ClH/c2*1-3-5-7-9-13-17(12-6-4-2)16-21-18(20)14-10-8-11-15-19;;/h2*17H,3-16,19H2,1-2H3;1H4;1H. The van der Waals surface area contributed by atoms with Gasteiger partial charge >= 0.3 is 11.9 Å². The van der Waals surface area contributed by atoms with E-state index in [0.717, 1.165) is 45.1 Å². The fourth-order valence-corrected chi connectivity index (χ4v) is 5.11. The molecule has 0 spiro atoms. The second kappa shape index (κ2) is 42.1. The Morgan fingerprint density at radius 3 is 1.27 bits per heavy atom. The van der Waals surface area contributed by atoms with Crippen molar-refractivity contribution < 1.29 is 37.2 Å². The lowest BCUT2D eigenvalue weighted by atomic mass is 9.96. The third-order valence-electron chi connectivity index (χ3n) is 8.04. The van der Waals surface area contributed by atoms with Gasteiger partial charge in [-0.05, 0) is 76.2 Å². The molecule has 0 aromatic carbocycles. The van der Waals surface area contributed by atoms with Crippen molar-refractivity contribution in [1.82, 2.24) is 0 Å². The van der Waals surface area contributed by atoms with Crippen molar-refractivity contribution in [2.24, 2.45) is 17.6 Å². The summed E-state index contributed by atoms with van der Waals surface area (Å²) in [4.78, 5) is 23.4. The quantitative estimate of drug-likeness (QED) is 0.0675. The molecule has 2 atom stereocenters. The largest absolute Gasteiger partial charge is 1.00 e. The zero-order chi connectivity index (χ0) is 31.5.